The van der Waals surface area contributed by atoms with E-state index in [-0.39, 0.29) is 0 Å². The van der Waals surface area contributed by atoms with Crippen molar-refractivity contribution in [3.05, 3.63) is 142 Å². The third-order valence-electron chi connectivity index (χ3n) is 9.25. The number of hydrogen-bond donors (Lipinski definition) is 0. The van der Waals surface area contributed by atoms with E-state index in [4.69, 9.17) is 4.84 Å². The summed E-state index contributed by atoms with van der Waals surface area (Å²) >= 11 is 0. The predicted octanol–water partition coefficient (Wildman–Crippen LogP) is 10.6. The molecule has 0 saturated heterocycles. The molecule has 0 fully saturated rings. The lowest BCUT2D eigenvalue weighted by Crippen LogP contribution is -2.75. The standard InChI is InChI=1S/C32H12BF24.C5H7N2O/c34-25(35,36)13-1-14(26(37,38)39)6-21(5-13)33(22-7-15(27(40,41)42)2-16(8-22)28(43,44)45,23-9-17(29(46,47)48)3-18(10-23)30(49,50)51)24-11-19(31(52,53)54)4-20(12-24)32(55,56)57;1-8-7-4-2-6-3-5-7/h1-12H;2-5H,1H3/q-1;+1. The van der Waals surface area contributed by atoms with Gasteiger partial charge in [-0.1, -0.05) is 48.5 Å². The zero-order valence-corrected chi connectivity index (χ0v) is 31.2. The molecule has 0 N–H and O–H groups in total. The van der Waals surface area contributed by atoms with Crippen LogP contribution in [0.3, 0.4) is 0 Å². The summed E-state index contributed by atoms with van der Waals surface area (Å²) in [7, 11) is 1.60. The number of nitrogens with zero attached hydrogens (tertiary/aromatic N) is 2. The van der Waals surface area contributed by atoms with Gasteiger partial charge in [0.1, 0.15) is 13.3 Å². The Labute approximate surface area is 346 Å². The molecule has 0 saturated carbocycles. The Hall–Kier alpha value is -5.86. The van der Waals surface area contributed by atoms with Crippen LogP contribution in [0.5, 0.6) is 0 Å². The molecule has 0 spiro atoms. The lowest BCUT2D eigenvalue weighted by molar-refractivity contribution is -0.885. The van der Waals surface area contributed by atoms with E-state index in [1.54, 1.807) is 36.6 Å². The van der Waals surface area contributed by atoms with Gasteiger partial charge in [0.05, 0.1) is 56.9 Å². The van der Waals surface area contributed by atoms with Crippen molar-refractivity contribution in [2.75, 3.05) is 7.11 Å². The van der Waals surface area contributed by atoms with Crippen LogP contribution >= 0.6 is 0 Å². The number of alkyl halides is 24. The van der Waals surface area contributed by atoms with Crippen molar-refractivity contribution in [1.29, 1.82) is 0 Å². The number of halogens is 24. The minimum absolute atomic E-state index is 0.691. The van der Waals surface area contributed by atoms with Crippen LogP contribution in [0.2, 0.25) is 0 Å². The van der Waals surface area contributed by atoms with Gasteiger partial charge in [-0.05, 0) is 24.3 Å². The maximum Gasteiger partial charge on any atom is 0.416 e. The topological polar surface area (TPSA) is 26.0 Å². The van der Waals surface area contributed by atoms with Gasteiger partial charge in [-0.3, -0.25) is 9.82 Å². The summed E-state index contributed by atoms with van der Waals surface area (Å²) < 4.78 is 342. The average Bonchev–Trinajstić information content (AvgIpc) is 3.15. The molecule has 28 heteroatoms. The minimum Gasteiger partial charge on any atom is -0.275 e. The van der Waals surface area contributed by atoms with E-state index in [1.165, 1.54) is 0 Å². The maximum absolute atomic E-state index is 14.2. The van der Waals surface area contributed by atoms with Crippen molar-refractivity contribution < 1.29 is 115 Å². The molecule has 5 rings (SSSR count). The number of aromatic nitrogens is 2. The van der Waals surface area contributed by atoms with E-state index in [2.05, 4.69) is 4.98 Å². The van der Waals surface area contributed by atoms with Crippen LogP contribution in [0.25, 0.3) is 0 Å². The van der Waals surface area contributed by atoms with Gasteiger partial charge in [-0.2, -0.15) is 127 Å². The zero-order chi connectivity index (χ0) is 49.7. The molecule has 0 bridgehead atoms. The fourth-order valence-corrected chi connectivity index (χ4v) is 6.50. The van der Waals surface area contributed by atoms with Crippen molar-refractivity contribution in [2.24, 2.45) is 0 Å². The van der Waals surface area contributed by atoms with E-state index in [0.717, 1.165) is 0 Å². The smallest absolute Gasteiger partial charge is 0.275 e. The van der Waals surface area contributed by atoms with E-state index < -0.39 is 195 Å². The molecule has 0 amide bonds. The van der Waals surface area contributed by atoms with Gasteiger partial charge < -0.3 is 0 Å². The molecule has 1 aromatic heterocycles. The molecule has 5 aromatic rings. The van der Waals surface area contributed by atoms with E-state index in [0.29, 0.717) is 0 Å². The van der Waals surface area contributed by atoms with Crippen molar-refractivity contribution in [2.45, 2.75) is 49.4 Å². The number of hydrogen-bond acceptors (Lipinski definition) is 2. The summed E-state index contributed by atoms with van der Waals surface area (Å²) in [4.78, 5) is 8.58. The SMILES string of the molecule is CO[n+]1ccncc1.FC(F)(F)c1cc([B-](c2cc(C(F)(F)F)cc(C(F)(F)F)c2)(c2cc(C(F)(F)F)cc(C(F)(F)F)c2)c2cc(C(F)(F)F)cc(C(F)(F)F)c2)cc(C(F)(F)F)c1. The first kappa shape index (κ1) is 51.8. The van der Waals surface area contributed by atoms with Crippen molar-refractivity contribution in [3.8, 4) is 0 Å². The Balaban J connectivity index is 0.00000104. The first-order valence-corrected chi connectivity index (χ1v) is 16.9. The largest absolute Gasteiger partial charge is 0.416 e. The average molecular weight is 974 g/mol. The van der Waals surface area contributed by atoms with Crippen LogP contribution in [0, 0.1) is 0 Å². The fraction of sp³-hybridized carbons (Fsp3) is 0.243. The van der Waals surface area contributed by atoms with Gasteiger partial charge in [0.2, 0.25) is 12.4 Å². The van der Waals surface area contributed by atoms with Crippen LogP contribution in [0.15, 0.2) is 97.6 Å². The van der Waals surface area contributed by atoms with Gasteiger partial charge in [-0.15, -0.1) is 0 Å². The summed E-state index contributed by atoms with van der Waals surface area (Å²) in [5.74, 6) is 0. The highest BCUT2D eigenvalue weighted by Crippen LogP contribution is 2.41. The molecule has 354 valence electrons. The molecule has 0 aliphatic heterocycles. The van der Waals surface area contributed by atoms with Crippen molar-refractivity contribution in [1.82, 2.24) is 4.98 Å². The second kappa shape index (κ2) is 17.2. The first-order chi connectivity index (χ1) is 29.2. The second-order valence-electron chi connectivity index (χ2n) is 13.5. The van der Waals surface area contributed by atoms with Gasteiger partial charge >= 0.3 is 49.4 Å². The van der Waals surface area contributed by atoms with Crippen LogP contribution < -0.4 is 31.4 Å². The van der Waals surface area contributed by atoms with Gasteiger partial charge in [0.25, 0.3) is 0 Å². The fourth-order valence-electron chi connectivity index (χ4n) is 6.50. The maximum atomic E-state index is 14.2. The summed E-state index contributed by atoms with van der Waals surface area (Å²) in [6.45, 7) is 0. The lowest BCUT2D eigenvalue weighted by atomic mass is 9.12. The summed E-state index contributed by atoms with van der Waals surface area (Å²) in [5.41, 5.74) is -30.2. The van der Waals surface area contributed by atoms with E-state index in [1.807, 2.05) is 0 Å². The van der Waals surface area contributed by atoms with Gasteiger partial charge in [0.15, 0.2) is 0 Å². The highest BCUT2D eigenvalue weighted by molar-refractivity contribution is 7.20. The van der Waals surface area contributed by atoms with Gasteiger partial charge in [-0.25, -0.2) is 0 Å². The highest BCUT2D eigenvalue weighted by atomic mass is 19.4. The first-order valence-electron chi connectivity index (χ1n) is 16.9. The summed E-state index contributed by atoms with van der Waals surface area (Å²) in [5, 5.41) is 0. The molecule has 0 aliphatic rings. The van der Waals surface area contributed by atoms with E-state index in [9.17, 15) is 105 Å². The Morgan fingerprint density at radius 2 is 0.492 bits per heavy atom. The molecule has 4 aromatic carbocycles. The van der Waals surface area contributed by atoms with Crippen LogP contribution in [0.4, 0.5) is 105 Å². The molecule has 3 nitrogen and oxygen atoms in total. The Morgan fingerprint density at radius 3 is 0.615 bits per heavy atom. The Bertz CT molecular complexity index is 2040. The molecule has 1 heterocycles. The van der Waals surface area contributed by atoms with E-state index >= 15 is 0 Å². The number of benzene rings is 4. The predicted molar refractivity (Wildman–Crippen MR) is 177 cm³/mol. The van der Waals surface area contributed by atoms with Crippen molar-refractivity contribution in [3.63, 3.8) is 0 Å². The van der Waals surface area contributed by atoms with Crippen LogP contribution in [-0.2, 0) is 49.4 Å². The Morgan fingerprint density at radius 1 is 0.323 bits per heavy atom. The van der Waals surface area contributed by atoms with Crippen molar-refractivity contribution >= 4 is 28.0 Å². The van der Waals surface area contributed by atoms with Gasteiger partial charge in [0, 0.05) is 4.73 Å². The molecule has 0 unspecified atom stereocenters. The molecule has 0 atom stereocenters. The summed E-state index contributed by atoms with van der Waals surface area (Å²) in [6, 6.07) is -8.81. The third-order valence-corrected chi connectivity index (χ3v) is 9.25. The monoisotopic (exact) mass is 974 g/mol. The normalized spacial score (nSPS) is 13.6. The molecule has 65 heavy (non-hydrogen) atoms. The third kappa shape index (κ3) is 11.9. The zero-order valence-electron chi connectivity index (χ0n) is 31.2. The molecular weight excluding hydrogens is 955 g/mol. The second-order valence-corrected chi connectivity index (χ2v) is 13.5. The molecule has 0 radical (unpaired) electrons. The number of rotatable bonds is 5. The minimum atomic E-state index is -6.13. The van der Waals surface area contributed by atoms with Crippen LogP contribution in [-0.4, -0.2) is 18.2 Å². The quantitative estimate of drug-likeness (QED) is 0.0997. The molecular formula is C37H19BF24N2O. The van der Waals surface area contributed by atoms with Crippen LogP contribution in [0.1, 0.15) is 44.5 Å². The summed E-state index contributed by atoms with van der Waals surface area (Å²) in [6.07, 6.45) is -48.0. The highest BCUT2D eigenvalue weighted by Gasteiger charge is 2.47. The molecule has 0 aliphatic carbocycles. The Kier molecular flexibility index (Phi) is 13.7. The lowest BCUT2D eigenvalue weighted by Gasteiger charge is -2.46.